The van der Waals surface area contributed by atoms with Gasteiger partial charge in [0.25, 0.3) is 0 Å². The third kappa shape index (κ3) is 4.86. The van der Waals surface area contributed by atoms with Crippen LogP contribution in [0.25, 0.3) is 0 Å². The number of carbonyl (C=O) groups excluding carboxylic acids is 1. The molecule has 0 spiro atoms. The minimum Gasteiger partial charge on any atom is -0.416 e. The minimum absolute atomic E-state index is 0.00695. The molecule has 188 valence electrons. The summed E-state index contributed by atoms with van der Waals surface area (Å²) in [4.78, 5) is 12.6. The summed E-state index contributed by atoms with van der Waals surface area (Å²) < 4.78 is 20.2. The van der Waals surface area contributed by atoms with Gasteiger partial charge >= 0.3 is 0 Å². The van der Waals surface area contributed by atoms with E-state index >= 15 is 0 Å². The zero-order chi connectivity index (χ0) is 24.6. The second-order valence-corrected chi connectivity index (χ2v) is 23.3. The molecule has 0 N–H and O–H groups in total. The van der Waals surface area contributed by atoms with Crippen LogP contribution >= 0.6 is 0 Å². The van der Waals surface area contributed by atoms with E-state index in [0.29, 0.717) is 52.9 Å². The van der Waals surface area contributed by atoms with Crippen LogP contribution in [-0.2, 0) is 18.4 Å². The van der Waals surface area contributed by atoms with Crippen molar-refractivity contribution in [2.24, 2.45) is 11.8 Å². The number of ether oxygens (including phenoxy) is 1. The average molecular weight is 485 g/mol. The molecule has 4 atom stereocenters. The standard InChI is InChI=1S/C26H52O4Si2/c1-16(2)31(17(3)4,18(5)6)28-14-22-23(26-24(27)13-25(22)30-26)15-29-32(19(7)8,20(9)10)21(11)12/h16-23,25-26H,13-15H2,1-12H3/t22-,23+,25+,26+/m0/s1. The van der Waals surface area contributed by atoms with Gasteiger partial charge < -0.3 is 13.6 Å². The van der Waals surface area contributed by atoms with Crippen molar-refractivity contribution in [2.75, 3.05) is 13.2 Å². The zero-order valence-corrected chi connectivity index (χ0v) is 25.0. The number of fused-ring (bicyclic) bond motifs is 2. The molecule has 2 heterocycles. The molecule has 0 saturated carbocycles. The van der Waals surface area contributed by atoms with Crippen LogP contribution in [0.15, 0.2) is 0 Å². The second-order valence-electron chi connectivity index (χ2n) is 12.4. The van der Waals surface area contributed by atoms with Gasteiger partial charge in [0.15, 0.2) is 22.4 Å². The maximum absolute atomic E-state index is 12.6. The normalized spacial score (nSPS) is 26.9. The summed E-state index contributed by atoms with van der Waals surface area (Å²) in [5, 5.41) is 0. The summed E-state index contributed by atoms with van der Waals surface area (Å²) >= 11 is 0. The van der Waals surface area contributed by atoms with Gasteiger partial charge in [-0.2, -0.15) is 0 Å². The second kappa shape index (κ2) is 10.7. The molecule has 4 nitrogen and oxygen atoms in total. The van der Waals surface area contributed by atoms with Gasteiger partial charge in [-0.3, -0.25) is 4.79 Å². The lowest BCUT2D eigenvalue weighted by molar-refractivity contribution is -0.124. The summed E-state index contributed by atoms with van der Waals surface area (Å²) in [6.45, 7) is 29.3. The highest BCUT2D eigenvalue weighted by Gasteiger charge is 2.56. The van der Waals surface area contributed by atoms with Crippen LogP contribution < -0.4 is 0 Å². The van der Waals surface area contributed by atoms with Crippen molar-refractivity contribution in [3.8, 4) is 0 Å². The quantitative estimate of drug-likeness (QED) is 0.272. The number of rotatable bonds is 12. The molecule has 0 aromatic heterocycles. The number of hydrogen-bond acceptors (Lipinski definition) is 4. The molecular formula is C26H52O4Si2. The predicted molar refractivity (Wildman–Crippen MR) is 139 cm³/mol. The number of Topliss-reactive ketones (excluding diaryl/α,β-unsaturated/α-hetero) is 1. The van der Waals surface area contributed by atoms with E-state index in [0.717, 1.165) is 0 Å². The minimum atomic E-state index is -1.99. The van der Waals surface area contributed by atoms with E-state index in [1.807, 2.05) is 0 Å². The Kier molecular flexibility index (Phi) is 9.45. The lowest BCUT2D eigenvalue weighted by Crippen LogP contribution is -2.52. The van der Waals surface area contributed by atoms with Gasteiger partial charge in [0.1, 0.15) is 6.10 Å². The molecule has 6 heteroatoms. The number of hydrogen-bond donors (Lipinski definition) is 0. The molecule has 2 rings (SSSR count). The highest BCUT2D eigenvalue weighted by Crippen LogP contribution is 2.48. The van der Waals surface area contributed by atoms with Gasteiger partial charge in [0, 0.05) is 31.5 Å². The van der Waals surface area contributed by atoms with Crippen molar-refractivity contribution in [3.63, 3.8) is 0 Å². The predicted octanol–water partition coefficient (Wildman–Crippen LogP) is 7.34. The molecular weight excluding hydrogens is 432 g/mol. The maximum atomic E-state index is 12.6. The van der Waals surface area contributed by atoms with Crippen molar-refractivity contribution in [1.29, 1.82) is 0 Å². The maximum Gasteiger partial charge on any atom is 0.200 e. The van der Waals surface area contributed by atoms with Crippen LogP contribution in [0.3, 0.4) is 0 Å². The summed E-state index contributed by atoms with van der Waals surface area (Å²) in [5.74, 6) is 0.660. The fraction of sp³-hybridized carbons (Fsp3) is 0.962. The van der Waals surface area contributed by atoms with E-state index in [9.17, 15) is 4.79 Å². The van der Waals surface area contributed by atoms with Crippen LogP contribution in [0, 0.1) is 11.8 Å². The number of ketones is 1. The monoisotopic (exact) mass is 484 g/mol. The molecule has 32 heavy (non-hydrogen) atoms. The Morgan fingerprint density at radius 2 is 1.03 bits per heavy atom. The molecule has 0 amide bonds. The zero-order valence-electron chi connectivity index (χ0n) is 23.0. The highest BCUT2D eigenvalue weighted by atomic mass is 28.4. The number of carbonyl (C=O) groups is 1. The van der Waals surface area contributed by atoms with Crippen LogP contribution in [0.2, 0.25) is 33.2 Å². The van der Waals surface area contributed by atoms with E-state index in [1.54, 1.807) is 0 Å². The fourth-order valence-corrected chi connectivity index (χ4v) is 18.6. The van der Waals surface area contributed by atoms with E-state index in [2.05, 4.69) is 83.1 Å². The molecule has 2 fully saturated rings. The summed E-state index contributed by atoms with van der Waals surface area (Å²) in [6.07, 6.45) is 0.267. The van der Waals surface area contributed by atoms with Crippen LogP contribution in [-0.4, -0.2) is 47.8 Å². The molecule has 0 aromatic rings. The Morgan fingerprint density at radius 3 is 1.38 bits per heavy atom. The Balaban J connectivity index is 2.25. The largest absolute Gasteiger partial charge is 0.416 e. The van der Waals surface area contributed by atoms with Gasteiger partial charge in [-0.1, -0.05) is 83.1 Å². The third-order valence-corrected chi connectivity index (χ3v) is 21.1. The molecule has 0 aromatic carbocycles. The van der Waals surface area contributed by atoms with Crippen LogP contribution in [0.5, 0.6) is 0 Å². The molecule has 2 bridgehead atoms. The van der Waals surface area contributed by atoms with Crippen molar-refractivity contribution >= 4 is 22.4 Å². The Labute approximate surface area is 200 Å². The lowest BCUT2D eigenvalue weighted by Gasteiger charge is -2.45. The average Bonchev–Trinajstić information content (AvgIpc) is 3.18. The molecule has 0 unspecified atom stereocenters. The van der Waals surface area contributed by atoms with Crippen molar-refractivity contribution in [3.05, 3.63) is 0 Å². The molecule has 2 aliphatic heterocycles. The van der Waals surface area contributed by atoms with Crippen molar-refractivity contribution in [1.82, 2.24) is 0 Å². The first-order valence-electron chi connectivity index (χ1n) is 13.2. The Morgan fingerprint density at radius 1 is 0.688 bits per heavy atom. The Bertz CT molecular complexity index is 586. The smallest absolute Gasteiger partial charge is 0.200 e. The fourth-order valence-electron chi connectivity index (χ4n) is 7.64. The van der Waals surface area contributed by atoms with Gasteiger partial charge in [-0.05, 0) is 33.2 Å². The first-order chi connectivity index (χ1) is 14.7. The summed E-state index contributed by atoms with van der Waals surface area (Å²) in [6, 6.07) is 0. The molecule has 0 radical (unpaired) electrons. The molecule has 2 aliphatic rings. The lowest BCUT2D eigenvalue weighted by atomic mass is 9.79. The van der Waals surface area contributed by atoms with E-state index < -0.39 is 16.6 Å². The van der Waals surface area contributed by atoms with Crippen LogP contribution in [0.4, 0.5) is 0 Å². The van der Waals surface area contributed by atoms with E-state index in [4.69, 9.17) is 13.6 Å². The first-order valence-corrected chi connectivity index (χ1v) is 17.5. The molecule has 0 aliphatic carbocycles. The van der Waals surface area contributed by atoms with E-state index in [1.165, 1.54) is 0 Å². The van der Waals surface area contributed by atoms with E-state index in [-0.39, 0.29) is 29.8 Å². The summed E-state index contributed by atoms with van der Waals surface area (Å²) in [5.41, 5.74) is 3.28. The summed E-state index contributed by atoms with van der Waals surface area (Å²) in [7, 11) is -3.94. The Hall–Kier alpha value is -0.0162. The topological polar surface area (TPSA) is 44.8 Å². The van der Waals surface area contributed by atoms with Gasteiger partial charge in [-0.15, -0.1) is 0 Å². The van der Waals surface area contributed by atoms with Crippen molar-refractivity contribution < 1.29 is 18.4 Å². The highest BCUT2D eigenvalue weighted by molar-refractivity contribution is 6.78. The molecule has 2 saturated heterocycles. The van der Waals surface area contributed by atoms with Crippen LogP contribution in [0.1, 0.15) is 89.5 Å². The van der Waals surface area contributed by atoms with Gasteiger partial charge in [0.2, 0.25) is 0 Å². The van der Waals surface area contributed by atoms with Gasteiger partial charge in [-0.25, -0.2) is 0 Å². The SMILES string of the molecule is CC(C)[Si](OC[C@@H]1[C@H](CO[Si](C(C)C)(C(C)C)C(C)C)[C@H]2CC(=O)[C@@H]1O2)(C(C)C)C(C)C. The third-order valence-electron chi connectivity index (χ3n) is 8.92. The first kappa shape index (κ1) is 28.2. The van der Waals surface area contributed by atoms with Gasteiger partial charge in [0.05, 0.1) is 6.10 Å². The van der Waals surface area contributed by atoms with Crippen molar-refractivity contribution in [2.45, 2.75) is 135 Å².